The van der Waals surface area contributed by atoms with Gasteiger partial charge in [-0.05, 0) is 39.4 Å². The van der Waals surface area contributed by atoms with Crippen LogP contribution in [0.2, 0.25) is 5.82 Å². The van der Waals surface area contributed by atoms with E-state index in [1.165, 1.54) is 30.3 Å². The largest absolute Gasteiger partial charge is 0.455 e. The number of esters is 1. The minimum absolute atomic E-state index is 0.0565. The van der Waals surface area contributed by atoms with Gasteiger partial charge in [-0.15, -0.1) is 16.4 Å². The number of methoxy groups -OCH3 is 1. The van der Waals surface area contributed by atoms with Gasteiger partial charge in [-0.2, -0.15) is 0 Å². The molecule has 1 amide bonds. The summed E-state index contributed by atoms with van der Waals surface area (Å²) in [5.74, 6) is -6.34. The van der Waals surface area contributed by atoms with Crippen molar-refractivity contribution in [2.45, 2.75) is 103 Å². The van der Waals surface area contributed by atoms with E-state index in [0.717, 1.165) is 11.9 Å². The van der Waals surface area contributed by atoms with Gasteiger partial charge in [0.2, 0.25) is 0 Å². The van der Waals surface area contributed by atoms with Crippen LogP contribution in [0, 0.1) is 17.8 Å². The number of carbonyl (C=O) groups excluding carboxylic acids is 4. The van der Waals surface area contributed by atoms with Gasteiger partial charge >= 0.3 is 12.1 Å². The molecule has 2 aromatic rings. The topological polar surface area (TPSA) is 143 Å². The summed E-state index contributed by atoms with van der Waals surface area (Å²) in [4.78, 5) is 60.0. The zero-order chi connectivity index (χ0) is 34.9. The average Bonchev–Trinajstić information content (AvgIpc) is 3.79. The molecule has 2 aromatic heterocycles. The second-order valence-electron chi connectivity index (χ2n) is 13.1. The summed E-state index contributed by atoms with van der Waals surface area (Å²) in [6.45, 7) is 11.0. The molecule has 9 atom stereocenters. The number of alkyl halides is 1. The van der Waals surface area contributed by atoms with Crippen molar-refractivity contribution in [1.29, 1.82) is 0 Å². The maximum Gasteiger partial charge on any atom is 0.411 e. The van der Waals surface area contributed by atoms with Gasteiger partial charge in [0.15, 0.2) is 11.4 Å². The number of nitrogens with zero attached hydrogens (tertiary/aromatic N) is 5. The zero-order valence-corrected chi connectivity index (χ0v) is 29.0. The molecule has 2 aliphatic rings. The van der Waals surface area contributed by atoms with Crippen molar-refractivity contribution in [2.75, 3.05) is 13.7 Å². The summed E-state index contributed by atoms with van der Waals surface area (Å²) in [7, 11) is 7.89. The first-order valence-corrected chi connectivity index (χ1v) is 16.6. The van der Waals surface area contributed by atoms with Gasteiger partial charge < -0.3 is 14.2 Å². The molecule has 4 rings (SSSR count). The molecule has 2 radical (unpaired) electrons. The Balaban J connectivity index is 1.68. The Bertz CT molecular complexity index is 1500. The van der Waals surface area contributed by atoms with Crippen LogP contribution < -0.4 is 0 Å². The number of ether oxygens (including phenoxy) is 3. The van der Waals surface area contributed by atoms with E-state index in [1.54, 1.807) is 63.8 Å². The third-order valence-corrected chi connectivity index (χ3v) is 10.6. The van der Waals surface area contributed by atoms with E-state index in [4.69, 9.17) is 22.1 Å². The molecule has 12 nitrogen and oxygen atoms in total. The molecule has 0 unspecified atom stereocenters. The van der Waals surface area contributed by atoms with Crippen LogP contribution in [0.15, 0.2) is 29.9 Å². The van der Waals surface area contributed by atoms with E-state index in [-0.39, 0.29) is 25.2 Å². The first-order valence-electron chi connectivity index (χ1n) is 15.7. The van der Waals surface area contributed by atoms with Gasteiger partial charge in [-0.3, -0.25) is 14.5 Å². The molecule has 15 heteroatoms. The SMILES string of the molecule is [B][C@@H]1[C@@H](C)C(=O)[C@](C)(F)C(=O)O[C@H](CC)[C@@]2(C)OC(=O)N(C/C=C/Cn3cc(-c4nccs4)nn3)[C@@H]2[C@@H](C)C(=O)[C@H](C)C[C@@]1(C)OC. The van der Waals surface area contributed by atoms with Gasteiger partial charge in [-0.1, -0.05) is 45.1 Å². The van der Waals surface area contributed by atoms with E-state index in [9.17, 15) is 19.2 Å². The minimum Gasteiger partial charge on any atom is -0.455 e. The Labute approximate surface area is 279 Å². The molecule has 2 fully saturated rings. The summed E-state index contributed by atoms with van der Waals surface area (Å²) in [5.41, 5.74) is -5.20. The Hall–Kier alpha value is -3.46. The predicted octanol–water partition coefficient (Wildman–Crippen LogP) is 4.40. The van der Waals surface area contributed by atoms with E-state index in [1.807, 2.05) is 5.38 Å². The fourth-order valence-corrected chi connectivity index (χ4v) is 7.47. The summed E-state index contributed by atoms with van der Waals surface area (Å²) in [6.07, 6.45) is 5.30. The van der Waals surface area contributed by atoms with Gasteiger partial charge in [0.1, 0.15) is 22.6 Å². The number of carbonyl (C=O) groups is 4. The third kappa shape index (κ3) is 6.92. The Morgan fingerprint density at radius 1 is 1.13 bits per heavy atom. The van der Waals surface area contributed by atoms with Gasteiger partial charge in [0.05, 0.1) is 32.2 Å². The highest BCUT2D eigenvalue weighted by atomic mass is 32.1. The number of cyclic esters (lactones) is 1. The fourth-order valence-electron chi connectivity index (χ4n) is 6.88. The number of aromatic nitrogens is 4. The zero-order valence-electron chi connectivity index (χ0n) is 28.1. The summed E-state index contributed by atoms with van der Waals surface area (Å²) < 4.78 is 35.0. The van der Waals surface area contributed by atoms with E-state index < -0.39 is 70.4 Å². The lowest BCUT2D eigenvalue weighted by atomic mass is 9.61. The molecule has 47 heavy (non-hydrogen) atoms. The molecular weight excluding hydrogens is 628 g/mol. The summed E-state index contributed by atoms with van der Waals surface area (Å²) in [6, 6.07) is -0.916. The number of ketones is 2. The monoisotopic (exact) mass is 671 g/mol. The van der Waals surface area contributed by atoms with Gasteiger partial charge in [-0.25, -0.2) is 23.6 Å². The predicted molar refractivity (Wildman–Crippen MR) is 172 cm³/mol. The summed E-state index contributed by atoms with van der Waals surface area (Å²) in [5, 5.41) is 10.9. The molecule has 2 aliphatic heterocycles. The number of hydrogen-bond donors (Lipinski definition) is 0. The summed E-state index contributed by atoms with van der Waals surface area (Å²) >= 11 is 1.45. The van der Waals surface area contributed by atoms with E-state index in [0.29, 0.717) is 12.2 Å². The van der Waals surface area contributed by atoms with Crippen LogP contribution >= 0.6 is 11.3 Å². The van der Waals surface area contributed by atoms with Crippen molar-refractivity contribution in [3.05, 3.63) is 29.9 Å². The molecule has 0 spiro atoms. The number of hydrogen-bond acceptors (Lipinski definition) is 11. The lowest BCUT2D eigenvalue weighted by Crippen LogP contribution is -2.59. The smallest absolute Gasteiger partial charge is 0.411 e. The molecule has 0 saturated carbocycles. The van der Waals surface area contributed by atoms with Gasteiger partial charge in [0, 0.05) is 43.0 Å². The maximum absolute atomic E-state index is 16.1. The molecule has 2 saturated heterocycles. The number of fused-ring (bicyclic) bond motifs is 1. The van der Waals surface area contributed by atoms with Crippen LogP contribution in [-0.4, -0.2) is 99.0 Å². The van der Waals surface area contributed by atoms with Crippen molar-refractivity contribution in [3.8, 4) is 10.7 Å². The fraction of sp³-hybridized carbons (Fsp3) is 0.656. The maximum atomic E-state index is 16.1. The second kappa shape index (κ2) is 14.0. The van der Waals surface area contributed by atoms with Crippen LogP contribution in [0.1, 0.15) is 61.3 Å². The van der Waals surface area contributed by atoms with Crippen molar-refractivity contribution < 1.29 is 37.8 Å². The van der Waals surface area contributed by atoms with E-state index in [2.05, 4.69) is 15.3 Å². The molecule has 0 bridgehead atoms. The Kier molecular flexibility index (Phi) is 10.8. The van der Waals surface area contributed by atoms with Crippen molar-refractivity contribution >= 4 is 42.8 Å². The van der Waals surface area contributed by atoms with Crippen molar-refractivity contribution in [1.82, 2.24) is 24.9 Å². The Morgan fingerprint density at radius 2 is 1.81 bits per heavy atom. The molecule has 0 aromatic carbocycles. The number of thiazole rings is 1. The molecule has 0 aliphatic carbocycles. The highest BCUT2D eigenvalue weighted by Crippen LogP contribution is 2.44. The van der Waals surface area contributed by atoms with Crippen LogP contribution in [0.5, 0.6) is 0 Å². The third-order valence-electron chi connectivity index (χ3n) is 9.76. The molecule has 0 N–H and O–H groups in total. The van der Waals surface area contributed by atoms with Crippen molar-refractivity contribution in [3.63, 3.8) is 0 Å². The number of rotatable bonds is 7. The van der Waals surface area contributed by atoms with Crippen LogP contribution in [0.3, 0.4) is 0 Å². The normalized spacial score (nSPS) is 35.9. The second-order valence-corrected chi connectivity index (χ2v) is 14.0. The highest BCUT2D eigenvalue weighted by Gasteiger charge is 2.61. The average molecular weight is 672 g/mol. The lowest BCUT2D eigenvalue weighted by molar-refractivity contribution is -0.180. The number of halogens is 1. The standard InChI is InChI=1S/C32H43BFN5O7S/c1-9-22-32(7)25(39(29(43)46-32)14-11-10-13-38-17-21(36-37-38)27-35-12-15-47-27)19(3)23(40)18(2)16-30(5,44-8)24(33)20(4)26(41)31(6,34)28(42)45-22/h10-12,15,17-20,22,24-25H,9,13-14,16H2,1-8H3/b11-10+/t18-,19+,20-,22-,24-,25-,30-,31+,32-/m1/s1. The van der Waals surface area contributed by atoms with E-state index >= 15 is 4.39 Å². The molecule has 254 valence electrons. The van der Waals surface area contributed by atoms with Gasteiger partial charge in [0.25, 0.3) is 5.67 Å². The minimum atomic E-state index is -3.05. The van der Waals surface area contributed by atoms with Crippen LogP contribution in [0.4, 0.5) is 9.18 Å². The van der Waals surface area contributed by atoms with Crippen LogP contribution in [0.25, 0.3) is 10.7 Å². The lowest BCUT2D eigenvalue weighted by Gasteiger charge is -2.43. The molecular formula is C32H43BFN5O7S. The first-order chi connectivity index (χ1) is 22.0. The Morgan fingerprint density at radius 3 is 2.43 bits per heavy atom. The van der Waals surface area contributed by atoms with Crippen LogP contribution in [-0.2, 0) is 35.1 Å². The quantitative estimate of drug-likeness (QED) is 0.180. The number of amides is 1. The number of Topliss-reactive ketones (excluding diaryl/α,β-unsaturated/α-hetero) is 2. The van der Waals surface area contributed by atoms with Crippen molar-refractivity contribution in [2.24, 2.45) is 17.8 Å². The number of allylic oxidation sites excluding steroid dienone is 1. The first kappa shape index (κ1) is 36.4. The highest BCUT2D eigenvalue weighted by molar-refractivity contribution is 7.13. The molecule has 4 heterocycles.